The molecule has 0 aromatic heterocycles. The molecule has 0 bridgehead atoms. The SMILES string of the molecule is Cc1cccc(NC(=S)N(C)CC(=O)N(C)C)c1. The van der Waals surface area contributed by atoms with Crippen LogP contribution in [0.25, 0.3) is 0 Å². The number of likely N-dealkylation sites (N-methyl/N-ethyl adjacent to an activating group) is 2. The van der Waals surface area contributed by atoms with Crippen molar-refractivity contribution < 1.29 is 4.79 Å². The summed E-state index contributed by atoms with van der Waals surface area (Å²) in [6.45, 7) is 2.29. The maximum atomic E-state index is 11.6. The van der Waals surface area contributed by atoms with Crippen molar-refractivity contribution in [2.24, 2.45) is 0 Å². The first-order valence-corrected chi connectivity index (χ1v) is 6.10. The Morgan fingerprint density at radius 1 is 1.33 bits per heavy atom. The second-order valence-electron chi connectivity index (χ2n) is 4.44. The topological polar surface area (TPSA) is 35.6 Å². The third-order valence-corrected chi connectivity index (χ3v) is 2.90. The number of rotatable bonds is 3. The zero-order valence-electron chi connectivity index (χ0n) is 11.2. The van der Waals surface area contributed by atoms with Crippen LogP contribution in [0.4, 0.5) is 5.69 Å². The minimum Gasteiger partial charge on any atom is -0.347 e. The number of carbonyl (C=O) groups is 1. The van der Waals surface area contributed by atoms with Crippen molar-refractivity contribution in [3.05, 3.63) is 29.8 Å². The quantitative estimate of drug-likeness (QED) is 0.844. The lowest BCUT2D eigenvalue weighted by Crippen LogP contribution is -2.39. The molecule has 0 radical (unpaired) electrons. The molecule has 1 rings (SSSR count). The van der Waals surface area contributed by atoms with Gasteiger partial charge in [0.25, 0.3) is 0 Å². The van der Waals surface area contributed by atoms with E-state index < -0.39 is 0 Å². The van der Waals surface area contributed by atoms with Gasteiger partial charge in [-0.25, -0.2) is 0 Å². The molecule has 98 valence electrons. The van der Waals surface area contributed by atoms with Gasteiger partial charge in [-0.1, -0.05) is 12.1 Å². The van der Waals surface area contributed by atoms with Crippen molar-refractivity contribution in [3.8, 4) is 0 Å². The number of hydrogen-bond acceptors (Lipinski definition) is 2. The van der Waals surface area contributed by atoms with E-state index in [1.165, 1.54) is 0 Å². The maximum absolute atomic E-state index is 11.6. The first-order valence-electron chi connectivity index (χ1n) is 5.69. The lowest BCUT2D eigenvalue weighted by molar-refractivity contribution is -0.128. The minimum absolute atomic E-state index is 0.0193. The van der Waals surface area contributed by atoms with Gasteiger partial charge in [-0.05, 0) is 36.8 Å². The number of carbonyl (C=O) groups excluding carboxylic acids is 1. The number of benzene rings is 1. The molecule has 0 aliphatic carbocycles. The van der Waals surface area contributed by atoms with E-state index in [1.807, 2.05) is 31.2 Å². The first-order chi connectivity index (χ1) is 8.40. The number of nitrogens with zero attached hydrogens (tertiary/aromatic N) is 2. The highest BCUT2D eigenvalue weighted by molar-refractivity contribution is 7.80. The summed E-state index contributed by atoms with van der Waals surface area (Å²) in [5, 5.41) is 3.65. The van der Waals surface area contributed by atoms with Crippen LogP contribution >= 0.6 is 12.2 Å². The summed E-state index contributed by atoms with van der Waals surface area (Å²) < 4.78 is 0. The molecule has 0 atom stereocenters. The summed E-state index contributed by atoms with van der Waals surface area (Å²) in [5.74, 6) is 0.0193. The molecule has 4 nitrogen and oxygen atoms in total. The Kier molecular flexibility index (Phi) is 5.09. The molecule has 0 saturated carbocycles. The molecule has 0 fully saturated rings. The van der Waals surface area contributed by atoms with Crippen molar-refractivity contribution in [3.63, 3.8) is 0 Å². The number of thiocarbonyl (C=S) groups is 1. The molecule has 0 saturated heterocycles. The molecule has 0 spiro atoms. The van der Waals surface area contributed by atoms with Crippen LogP contribution in [0.3, 0.4) is 0 Å². The Hall–Kier alpha value is -1.62. The second kappa shape index (κ2) is 6.35. The highest BCUT2D eigenvalue weighted by Gasteiger charge is 2.11. The third kappa shape index (κ3) is 4.33. The average Bonchev–Trinajstić information content (AvgIpc) is 2.28. The van der Waals surface area contributed by atoms with E-state index in [1.54, 1.807) is 30.9 Å². The Balaban J connectivity index is 2.57. The molecular weight excluding hydrogens is 246 g/mol. The van der Waals surface area contributed by atoms with E-state index >= 15 is 0 Å². The second-order valence-corrected chi connectivity index (χ2v) is 4.83. The van der Waals surface area contributed by atoms with Gasteiger partial charge in [0.2, 0.25) is 5.91 Å². The van der Waals surface area contributed by atoms with Crippen LogP contribution in [-0.4, -0.2) is 48.5 Å². The van der Waals surface area contributed by atoms with E-state index in [0.29, 0.717) is 5.11 Å². The largest absolute Gasteiger partial charge is 0.347 e. The Morgan fingerprint density at radius 2 is 2.00 bits per heavy atom. The molecule has 0 aliphatic heterocycles. The lowest BCUT2D eigenvalue weighted by atomic mass is 10.2. The van der Waals surface area contributed by atoms with Crippen LogP contribution in [0, 0.1) is 6.92 Å². The smallest absolute Gasteiger partial charge is 0.241 e. The molecule has 1 amide bonds. The molecule has 5 heteroatoms. The molecular formula is C13H19N3OS. The summed E-state index contributed by atoms with van der Waals surface area (Å²) in [5.41, 5.74) is 2.10. The number of aryl methyl sites for hydroxylation is 1. The normalized spacial score (nSPS) is 9.78. The number of anilines is 1. The van der Waals surface area contributed by atoms with Gasteiger partial charge in [0.1, 0.15) is 0 Å². The van der Waals surface area contributed by atoms with Crippen molar-refractivity contribution >= 4 is 28.9 Å². The number of hydrogen-bond donors (Lipinski definition) is 1. The molecule has 1 aromatic rings. The highest BCUT2D eigenvalue weighted by Crippen LogP contribution is 2.10. The van der Waals surface area contributed by atoms with Gasteiger partial charge in [-0.3, -0.25) is 4.79 Å². The average molecular weight is 265 g/mol. The van der Waals surface area contributed by atoms with Gasteiger partial charge in [-0.2, -0.15) is 0 Å². The lowest BCUT2D eigenvalue weighted by Gasteiger charge is -2.22. The number of nitrogens with one attached hydrogen (secondary N) is 1. The van der Waals surface area contributed by atoms with Crippen molar-refractivity contribution in [2.45, 2.75) is 6.92 Å². The molecule has 0 heterocycles. The Labute approximate surface area is 114 Å². The molecule has 0 unspecified atom stereocenters. The van der Waals surface area contributed by atoms with Gasteiger partial charge >= 0.3 is 0 Å². The Morgan fingerprint density at radius 3 is 2.56 bits per heavy atom. The molecule has 1 N–H and O–H groups in total. The van der Waals surface area contributed by atoms with Crippen LogP contribution < -0.4 is 5.32 Å². The van der Waals surface area contributed by atoms with Crippen molar-refractivity contribution in [2.75, 3.05) is 33.0 Å². The highest BCUT2D eigenvalue weighted by atomic mass is 32.1. The summed E-state index contributed by atoms with van der Waals surface area (Å²) in [7, 11) is 5.26. The third-order valence-electron chi connectivity index (χ3n) is 2.49. The standard InChI is InChI=1S/C13H19N3OS/c1-10-6-5-7-11(8-10)14-13(18)16(4)9-12(17)15(2)3/h5-8H,9H2,1-4H3,(H,14,18). The zero-order valence-corrected chi connectivity index (χ0v) is 12.0. The van der Waals surface area contributed by atoms with Gasteiger partial charge in [0, 0.05) is 26.8 Å². The summed E-state index contributed by atoms with van der Waals surface area (Å²) in [6, 6.07) is 7.94. The molecule has 18 heavy (non-hydrogen) atoms. The monoisotopic (exact) mass is 265 g/mol. The van der Waals surface area contributed by atoms with E-state index in [-0.39, 0.29) is 12.5 Å². The van der Waals surface area contributed by atoms with Gasteiger partial charge < -0.3 is 15.1 Å². The van der Waals surface area contributed by atoms with Crippen LogP contribution in [0.1, 0.15) is 5.56 Å². The predicted octanol–water partition coefficient (Wildman–Crippen LogP) is 1.71. The van der Waals surface area contributed by atoms with Crippen LogP contribution in [-0.2, 0) is 4.79 Å². The van der Waals surface area contributed by atoms with Crippen LogP contribution in [0.5, 0.6) is 0 Å². The van der Waals surface area contributed by atoms with Gasteiger partial charge in [0.05, 0.1) is 6.54 Å². The van der Waals surface area contributed by atoms with E-state index in [4.69, 9.17) is 12.2 Å². The predicted molar refractivity (Wildman–Crippen MR) is 78.7 cm³/mol. The van der Waals surface area contributed by atoms with Crippen molar-refractivity contribution in [1.29, 1.82) is 0 Å². The molecule has 1 aromatic carbocycles. The summed E-state index contributed by atoms with van der Waals surface area (Å²) >= 11 is 5.25. The fourth-order valence-electron chi connectivity index (χ4n) is 1.36. The van der Waals surface area contributed by atoms with Crippen LogP contribution in [0.2, 0.25) is 0 Å². The van der Waals surface area contributed by atoms with E-state index in [0.717, 1.165) is 11.3 Å². The van der Waals surface area contributed by atoms with E-state index in [2.05, 4.69) is 5.32 Å². The molecule has 0 aliphatic rings. The van der Waals surface area contributed by atoms with E-state index in [9.17, 15) is 4.79 Å². The summed E-state index contributed by atoms with van der Waals surface area (Å²) in [4.78, 5) is 14.8. The Bertz CT molecular complexity index is 446. The minimum atomic E-state index is 0.0193. The van der Waals surface area contributed by atoms with Gasteiger partial charge in [-0.15, -0.1) is 0 Å². The first kappa shape index (κ1) is 14.4. The fourth-order valence-corrected chi connectivity index (χ4v) is 1.54. The fraction of sp³-hybridized carbons (Fsp3) is 0.385. The van der Waals surface area contributed by atoms with Crippen LogP contribution in [0.15, 0.2) is 24.3 Å². The summed E-state index contributed by atoms with van der Waals surface area (Å²) in [6.07, 6.45) is 0. The zero-order chi connectivity index (χ0) is 13.7. The van der Waals surface area contributed by atoms with Crippen molar-refractivity contribution in [1.82, 2.24) is 9.80 Å². The van der Waals surface area contributed by atoms with Gasteiger partial charge in [0.15, 0.2) is 5.11 Å². The number of amides is 1. The maximum Gasteiger partial charge on any atom is 0.241 e.